The van der Waals surface area contributed by atoms with Crippen molar-refractivity contribution in [2.45, 2.75) is 13.0 Å². The topological polar surface area (TPSA) is 80.9 Å². The summed E-state index contributed by atoms with van der Waals surface area (Å²) >= 11 is 9.30. The fraction of sp³-hybridized carbons (Fsp3) is 0.200. The van der Waals surface area contributed by atoms with Gasteiger partial charge in [0.05, 0.1) is 13.0 Å². The number of tetrazole rings is 1. The summed E-state index contributed by atoms with van der Waals surface area (Å²) in [6, 6.07) is 5.24. The van der Waals surface area contributed by atoms with Gasteiger partial charge in [-0.05, 0) is 28.6 Å². The summed E-state index contributed by atoms with van der Waals surface area (Å²) in [4.78, 5) is 10.6. The third-order valence-electron chi connectivity index (χ3n) is 2.24. The molecule has 8 heteroatoms. The summed E-state index contributed by atoms with van der Waals surface area (Å²) in [5.41, 5.74) is 0.720. The Kier molecular flexibility index (Phi) is 3.93. The van der Waals surface area contributed by atoms with Crippen molar-refractivity contribution in [1.29, 1.82) is 0 Å². The lowest BCUT2D eigenvalue weighted by Crippen LogP contribution is -2.08. The standard InChI is InChI=1S/C10H8BrClN4O2/c11-8-2-1-6(12)5-7(8)10-13-14-15-16(10)4-3-9(17)18/h1-2,5H,3-4H2,(H,17,18). The molecule has 2 rings (SSSR count). The minimum atomic E-state index is -0.901. The second kappa shape index (κ2) is 5.45. The Balaban J connectivity index is 2.36. The summed E-state index contributed by atoms with van der Waals surface area (Å²) in [5.74, 6) is -0.424. The Morgan fingerprint density at radius 3 is 3.00 bits per heavy atom. The third-order valence-corrected chi connectivity index (χ3v) is 3.17. The average molecular weight is 332 g/mol. The van der Waals surface area contributed by atoms with Crippen LogP contribution in [0, 0.1) is 0 Å². The lowest BCUT2D eigenvalue weighted by atomic mass is 10.2. The molecular formula is C10H8BrClN4O2. The fourth-order valence-electron chi connectivity index (χ4n) is 1.42. The Labute approximate surface area is 116 Å². The van der Waals surface area contributed by atoms with E-state index in [-0.39, 0.29) is 13.0 Å². The van der Waals surface area contributed by atoms with Gasteiger partial charge in [0.1, 0.15) is 0 Å². The van der Waals surface area contributed by atoms with Crippen LogP contribution in [0.2, 0.25) is 5.02 Å². The number of rotatable bonds is 4. The lowest BCUT2D eigenvalue weighted by molar-refractivity contribution is -0.137. The molecule has 0 amide bonds. The number of aliphatic carboxylic acids is 1. The fourth-order valence-corrected chi connectivity index (χ4v) is 2.01. The number of aryl methyl sites for hydroxylation is 1. The van der Waals surface area contributed by atoms with Gasteiger partial charge in [-0.15, -0.1) is 5.10 Å². The van der Waals surface area contributed by atoms with Crippen LogP contribution in [0.4, 0.5) is 0 Å². The van der Waals surface area contributed by atoms with Crippen molar-refractivity contribution in [3.05, 3.63) is 27.7 Å². The van der Waals surface area contributed by atoms with Crippen molar-refractivity contribution >= 4 is 33.5 Å². The molecule has 2 aromatic rings. The Hall–Kier alpha value is -1.47. The van der Waals surface area contributed by atoms with Gasteiger partial charge in [0.2, 0.25) is 0 Å². The molecule has 6 nitrogen and oxygen atoms in total. The van der Waals surface area contributed by atoms with Crippen LogP contribution in [-0.2, 0) is 11.3 Å². The minimum absolute atomic E-state index is 0.0454. The maximum atomic E-state index is 10.6. The molecule has 18 heavy (non-hydrogen) atoms. The molecule has 0 saturated heterocycles. The Morgan fingerprint density at radius 2 is 2.28 bits per heavy atom. The second-order valence-corrected chi connectivity index (χ2v) is 4.78. The van der Waals surface area contributed by atoms with E-state index in [1.807, 2.05) is 0 Å². The van der Waals surface area contributed by atoms with Gasteiger partial charge in [-0.3, -0.25) is 4.79 Å². The molecule has 1 heterocycles. The van der Waals surface area contributed by atoms with Crippen LogP contribution >= 0.6 is 27.5 Å². The predicted octanol–water partition coefficient (Wildman–Crippen LogP) is 2.23. The van der Waals surface area contributed by atoms with Crippen molar-refractivity contribution in [2.75, 3.05) is 0 Å². The quantitative estimate of drug-likeness (QED) is 0.929. The van der Waals surface area contributed by atoms with E-state index in [1.165, 1.54) is 4.68 Å². The first-order valence-corrected chi connectivity index (χ1v) is 6.18. The van der Waals surface area contributed by atoms with Crippen LogP contribution < -0.4 is 0 Å². The van der Waals surface area contributed by atoms with Gasteiger partial charge in [-0.1, -0.05) is 27.5 Å². The first-order valence-electron chi connectivity index (χ1n) is 5.01. The number of benzene rings is 1. The van der Waals surface area contributed by atoms with Crippen molar-refractivity contribution in [2.24, 2.45) is 0 Å². The van der Waals surface area contributed by atoms with E-state index in [0.717, 1.165) is 10.0 Å². The maximum Gasteiger partial charge on any atom is 0.305 e. The van der Waals surface area contributed by atoms with E-state index in [4.69, 9.17) is 16.7 Å². The first-order chi connectivity index (χ1) is 8.58. The van der Waals surface area contributed by atoms with Crippen LogP contribution in [-0.4, -0.2) is 31.3 Å². The molecule has 0 radical (unpaired) electrons. The number of hydrogen-bond donors (Lipinski definition) is 1. The number of aromatic nitrogens is 4. The summed E-state index contributed by atoms with van der Waals surface area (Å²) in [6.07, 6.45) is -0.0454. The molecule has 0 aliphatic carbocycles. The van der Waals surface area contributed by atoms with Crippen LogP contribution in [0.15, 0.2) is 22.7 Å². The summed E-state index contributed by atoms with van der Waals surface area (Å²) in [5, 5.41) is 20.4. The van der Waals surface area contributed by atoms with E-state index in [2.05, 4.69) is 31.5 Å². The van der Waals surface area contributed by atoms with Crippen molar-refractivity contribution in [3.8, 4) is 11.4 Å². The van der Waals surface area contributed by atoms with Crippen molar-refractivity contribution < 1.29 is 9.90 Å². The summed E-state index contributed by atoms with van der Waals surface area (Å²) < 4.78 is 2.23. The minimum Gasteiger partial charge on any atom is -0.481 e. The van der Waals surface area contributed by atoms with Gasteiger partial charge in [-0.25, -0.2) is 4.68 Å². The smallest absolute Gasteiger partial charge is 0.305 e. The maximum absolute atomic E-state index is 10.6. The van der Waals surface area contributed by atoms with Gasteiger partial charge < -0.3 is 5.11 Å². The van der Waals surface area contributed by atoms with E-state index >= 15 is 0 Å². The molecule has 0 saturated carbocycles. The van der Waals surface area contributed by atoms with E-state index in [0.29, 0.717) is 10.8 Å². The number of carboxylic acid groups (broad SMARTS) is 1. The molecule has 0 unspecified atom stereocenters. The third kappa shape index (κ3) is 2.85. The first kappa shape index (κ1) is 13.0. The summed E-state index contributed by atoms with van der Waals surface area (Å²) in [6.45, 7) is 0.205. The lowest BCUT2D eigenvalue weighted by Gasteiger charge is -2.05. The normalized spacial score (nSPS) is 10.6. The molecule has 1 N–H and O–H groups in total. The van der Waals surface area contributed by atoms with Gasteiger partial charge in [-0.2, -0.15) is 0 Å². The monoisotopic (exact) mass is 330 g/mol. The number of nitrogens with zero attached hydrogens (tertiary/aromatic N) is 4. The molecule has 1 aromatic heterocycles. The molecular weight excluding hydrogens is 323 g/mol. The molecule has 0 spiro atoms. The van der Waals surface area contributed by atoms with Crippen molar-refractivity contribution in [3.63, 3.8) is 0 Å². The molecule has 1 aromatic carbocycles. The summed E-state index contributed by atoms with van der Waals surface area (Å²) in [7, 11) is 0. The van der Waals surface area contributed by atoms with Gasteiger partial charge >= 0.3 is 5.97 Å². The molecule has 0 atom stereocenters. The number of halogens is 2. The van der Waals surface area contributed by atoms with E-state index in [9.17, 15) is 4.79 Å². The zero-order valence-electron chi connectivity index (χ0n) is 9.05. The number of carbonyl (C=O) groups is 1. The van der Waals surface area contributed by atoms with Gasteiger partial charge in [0.25, 0.3) is 0 Å². The van der Waals surface area contributed by atoms with E-state index < -0.39 is 5.97 Å². The zero-order chi connectivity index (χ0) is 13.1. The Morgan fingerprint density at radius 1 is 1.50 bits per heavy atom. The predicted molar refractivity (Wildman–Crippen MR) is 68.2 cm³/mol. The largest absolute Gasteiger partial charge is 0.481 e. The second-order valence-electron chi connectivity index (χ2n) is 3.49. The average Bonchev–Trinajstić information content (AvgIpc) is 2.77. The highest BCUT2D eigenvalue weighted by Crippen LogP contribution is 2.29. The molecule has 94 valence electrons. The number of hydrogen-bond acceptors (Lipinski definition) is 4. The zero-order valence-corrected chi connectivity index (χ0v) is 11.4. The van der Waals surface area contributed by atoms with Gasteiger partial charge in [0.15, 0.2) is 5.82 Å². The molecule has 0 aliphatic heterocycles. The van der Waals surface area contributed by atoms with Crippen LogP contribution in [0.3, 0.4) is 0 Å². The van der Waals surface area contributed by atoms with Crippen LogP contribution in [0.1, 0.15) is 6.42 Å². The highest BCUT2D eigenvalue weighted by atomic mass is 79.9. The highest BCUT2D eigenvalue weighted by Gasteiger charge is 2.13. The van der Waals surface area contributed by atoms with Crippen molar-refractivity contribution in [1.82, 2.24) is 20.2 Å². The van der Waals surface area contributed by atoms with Gasteiger partial charge in [0, 0.05) is 15.1 Å². The highest BCUT2D eigenvalue weighted by molar-refractivity contribution is 9.10. The molecule has 0 bridgehead atoms. The number of carboxylic acids is 1. The van der Waals surface area contributed by atoms with Crippen LogP contribution in [0.25, 0.3) is 11.4 Å². The van der Waals surface area contributed by atoms with E-state index in [1.54, 1.807) is 18.2 Å². The molecule has 0 fully saturated rings. The molecule has 0 aliphatic rings. The Bertz CT molecular complexity index is 587. The van der Waals surface area contributed by atoms with Crippen LogP contribution in [0.5, 0.6) is 0 Å². The SMILES string of the molecule is O=C(O)CCn1nnnc1-c1cc(Cl)ccc1Br.